The largest absolute Gasteiger partial charge is 0.455 e. The number of anilines is 1. The number of pyridine rings is 1. The summed E-state index contributed by atoms with van der Waals surface area (Å²) in [5, 5.41) is 1.52. The molecule has 0 aliphatic rings. The monoisotopic (exact) mass is 284 g/mol. The van der Waals surface area contributed by atoms with E-state index in [2.05, 4.69) is 4.98 Å². The van der Waals surface area contributed by atoms with E-state index in [0.29, 0.717) is 22.2 Å². The van der Waals surface area contributed by atoms with Gasteiger partial charge in [-0.1, -0.05) is 29.8 Å². The second-order valence-electron chi connectivity index (χ2n) is 4.61. The van der Waals surface area contributed by atoms with Crippen LogP contribution in [-0.2, 0) is 0 Å². The number of nitrogens with zero attached hydrogens (tertiary/aromatic N) is 1. The highest BCUT2D eigenvalue weighted by atomic mass is 35.5. The summed E-state index contributed by atoms with van der Waals surface area (Å²) in [4.78, 5) is 4.36. The molecule has 0 aliphatic carbocycles. The van der Waals surface area contributed by atoms with Crippen molar-refractivity contribution in [3.63, 3.8) is 0 Å². The van der Waals surface area contributed by atoms with Crippen LogP contribution in [0.4, 0.5) is 5.69 Å². The second kappa shape index (κ2) is 5.02. The first-order chi connectivity index (χ1) is 9.63. The molecule has 1 aromatic heterocycles. The molecule has 2 N–H and O–H groups in total. The van der Waals surface area contributed by atoms with Crippen LogP contribution >= 0.6 is 11.6 Å². The van der Waals surface area contributed by atoms with Crippen LogP contribution in [0.2, 0.25) is 5.02 Å². The van der Waals surface area contributed by atoms with Crippen molar-refractivity contribution in [1.29, 1.82) is 0 Å². The van der Waals surface area contributed by atoms with Gasteiger partial charge in [0.2, 0.25) is 0 Å². The van der Waals surface area contributed by atoms with Gasteiger partial charge in [0.15, 0.2) is 0 Å². The Morgan fingerprint density at radius 3 is 2.80 bits per heavy atom. The van der Waals surface area contributed by atoms with E-state index in [1.54, 1.807) is 18.3 Å². The summed E-state index contributed by atoms with van der Waals surface area (Å²) in [5.74, 6) is 1.36. The molecule has 0 aliphatic heterocycles. The molecule has 3 aromatic rings. The minimum atomic E-state index is 0.486. The second-order valence-corrected chi connectivity index (χ2v) is 5.01. The number of aryl methyl sites for hydroxylation is 1. The van der Waals surface area contributed by atoms with E-state index in [-0.39, 0.29) is 0 Å². The lowest BCUT2D eigenvalue weighted by Gasteiger charge is -2.10. The van der Waals surface area contributed by atoms with Gasteiger partial charge >= 0.3 is 0 Å². The lowest BCUT2D eigenvalue weighted by atomic mass is 10.2. The molecular formula is C16H13ClN2O. The number of ether oxygens (including phenoxy) is 1. The van der Waals surface area contributed by atoms with Crippen LogP contribution in [0.1, 0.15) is 5.56 Å². The van der Waals surface area contributed by atoms with Crippen molar-refractivity contribution in [3.05, 3.63) is 59.2 Å². The van der Waals surface area contributed by atoms with E-state index in [4.69, 9.17) is 22.1 Å². The Balaban J connectivity index is 1.99. The average molecular weight is 285 g/mol. The Bertz CT molecular complexity index is 787. The van der Waals surface area contributed by atoms with Gasteiger partial charge in [-0.25, -0.2) is 0 Å². The van der Waals surface area contributed by atoms with E-state index >= 15 is 0 Å². The van der Waals surface area contributed by atoms with Gasteiger partial charge in [-0.15, -0.1) is 0 Å². The van der Waals surface area contributed by atoms with Gasteiger partial charge in [-0.2, -0.15) is 0 Å². The zero-order valence-corrected chi connectivity index (χ0v) is 11.7. The van der Waals surface area contributed by atoms with Gasteiger partial charge in [-0.05, 0) is 30.7 Å². The molecule has 2 aromatic carbocycles. The maximum absolute atomic E-state index is 6.03. The molecule has 0 unspecified atom stereocenters. The molecular weight excluding hydrogens is 272 g/mol. The van der Waals surface area contributed by atoms with Gasteiger partial charge < -0.3 is 10.5 Å². The van der Waals surface area contributed by atoms with Crippen molar-refractivity contribution < 1.29 is 4.74 Å². The molecule has 0 bridgehead atoms. The molecule has 3 rings (SSSR count). The van der Waals surface area contributed by atoms with Crippen LogP contribution in [0.25, 0.3) is 10.9 Å². The smallest absolute Gasteiger partial charge is 0.146 e. The summed E-state index contributed by atoms with van der Waals surface area (Å²) in [7, 11) is 0. The van der Waals surface area contributed by atoms with E-state index in [1.807, 2.05) is 37.3 Å². The number of aromatic nitrogens is 1. The fourth-order valence-electron chi connectivity index (χ4n) is 2.03. The summed E-state index contributed by atoms with van der Waals surface area (Å²) in [6, 6.07) is 13.4. The van der Waals surface area contributed by atoms with Crippen LogP contribution in [0.3, 0.4) is 0 Å². The number of nitrogen functional groups attached to an aromatic ring is 1. The Morgan fingerprint density at radius 2 is 1.95 bits per heavy atom. The first kappa shape index (κ1) is 12.8. The zero-order chi connectivity index (χ0) is 14.1. The van der Waals surface area contributed by atoms with Crippen molar-refractivity contribution in [2.24, 2.45) is 0 Å². The predicted octanol–water partition coefficient (Wildman–Crippen LogP) is 4.57. The third-order valence-corrected chi connectivity index (χ3v) is 3.41. The van der Waals surface area contributed by atoms with Crippen molar-refractivity contribution in [3.8, 4) is 11.5 Å². The first-order valence-electron chi connectivity index (χ1n) is 6.22. The van der Waals surface area contributed by atoms with Crippen molar-refractivity contribution in [2.45, 2.75) is 6.92 Å². The van der Waals surface area contributed by atoms with E-state index < -0.39 is 0 Å². The van der Waals surface area contributed by atoms with E-state index in [0.717, 1.165) is 16.5 Å². The Labute approximate surface area is 122 Å². The Morgan fingerprint density at radius 1 is 1.15 bits per heavy atom. The molecule has 0 radical (unpaired) electrons. The summed E-state index contributed by atoms with van der Waals surface area (Å²) in [6.45, 7) is 1.93. The third-order valence-electron chi connectivity index (χ3n) is 3.09. The molecule has 4 heteroatoms. The van der Waals surface area contributed by atoms with Gasteiger partial charge in [0.1, 0.15) is 11.5 Å². The normalized spacial score (nSPS) is 10.7. The number of hydrogen-bond acceptors (Lipinski definition) is 3. The number of halogens is 1. The minimum absolute atomic E-state index is 0.486. The molecule has 0 spiro atoms. The highest BCUT2D eigenvalue weighted by Gasteiger charge is 2.07. The predicted molar refractivity (Wildman–Crippen MR) is 82.4 cm³/mol. The first-order valence-corrected chi connectivity index (χ1v) is 6.59. The molecule has 0 saturated carbocycles. The Hall–Kier alpha value is -2.26. The quantitative estimate of drug-likeness (QED) is 0.701. The maximum atomic E-state index is 6.03. The number of para-hydroxylation sites is 1. The summed E-state index contributed by atoms with van der Waals surface area (Å²) in [6.07, 6.45) is 1.70. The van der Waals surface area contributed by atoms with Gasteiger partial charge in [0.25, 0.3) is 0 Å². The van der Waals surface area contributed by atoms with Crippen LogP contribution in [-0.4, -0.2) is 4.98 Å². The molecule has 0 saturated heterocycles. The minimum Gasteiger partial charge on any atom is -0.455 e. The lowest BCUT2D eigenvalue weighted by Crippen LogP contribution is -1.93. The van der Waals surface area contributed by atoms with Crippen LogP contribution in [0.5, 0.6) is 11.5 Å². The topological polar surface area (TPSA) is 48.1 Å². The van der Waals surface area contributed by atoms with Crippen molar-refractivity contribution in [2.75, 3.05) is 5.73 Å². The number of nitrogens with two attached hydrogens (primary N) is 1. The van der Waals surface area contributed by atoms with Crippen LogP contribution in [0, 0.1) is 6.92 Å². The van der Waals surface area contributed by atoms with E-state index in [1.165, 1.54) is 0 Å². The number of hydrogen-bond donors (Lipinski definition) is 1. The van der Waals surface area contributed by atoms with Gasteiger partial charge in [0, 0.05) is 11.5 Å². The third kappa shape index (κ3) is 2.40. The summed E-state index contributed by atoms with van der Waals surface area (Å²) >= 11 is 6.03. The molecule has 1 heterocycles. The van der Waals surface area contributed by atoms with Crippen molar-refractivity contribution in [1.82, 2.24) is 4.98 Å². The summed E-state index contributed by atoms with van der Waals surface area (Å²) < 4.78 is 5.85. The molecule has 0 fully saturated rings. The lowest BCUT2D eigenvalue weighted by molar-refractivity contribution is 0.478. The highest BCUT2D eigenvalue weighted by Crippen LogP contribution is 2.32. The number of benzene rings is 2. The van der Waals surface area contributed by atoms with Gasteiger partial charge in [-0.3, -0.25) is 4.98 Å². The zero-order valence-electron chi connectivity index (χ0n) is 10.9. The fraction of sp³-hybridized carbons (Fsp3) is 0.0625. The fourth-order valence-corrected chi connectivity index (χ4v) is 2.18. The SMILES string of the molecule is Cc1cc(N)c(Cl)cc1Oc1cnc2ccccc2c1. The molecule has 0 atom stereocenters. The highest BCUT2D eigenvalue weighted by molar-refractivity contribution is 6.33. The Kier molecular flexibility index (Phi) is 3.20. The number of rotatable bonds is 2. The molecule has 3 nitrogen and oxygen atoms in total. The average Bonchev–Trinajstić information content (AvgIpc) is 2.44. The molecule has 100 valence electrons. The molecule has 0 amide bonds. The van der Waals surface area contributed by atoms with Crippen LogP contribution in [0.15, 0.2) is 48.7 Å². The summed E-state index contributed by atoms with van der Waals surface area (Å²) in [5.41, 5.74) is 8.17. The van der Waals surface area contributed by atoms with E-state index in [9.17, 15) is 0 Å². The van der Waals surface area contributed by atoms with Crippen LogP contribution < -0.4 is 10.5 Å². The van der Waals surface area contributed by atoms with Crippen molar-refractivity contribution >= 4 is 28.2 Å². The number of fused-ring (bicyclic) bond motifs is 1. The standard InChI is InChI=1S/C16H13ClN2O/c1-10-6-14(18)13(17)8-16(10)20-12-7-11-4-2-3-5-15(11)19-9-12/h2-9H,18H2,1H3. The van der Waals surface area contributed by atoms with Gasteiger partial charge in [0.05, 0.1) is 22.4 Å². The maximum Gasteiger partial charge on any atom is 0.146 e. The molecule has 20 heavy (non-hydrogen) atoms.